The van der Waals surface area contributed by atoms with E-state index < -0.39 is 16.8 Å². The highest BCUT2D eigenvalue weighted by atomic mass is 35.5. The summed E-state index contributed by atoms with van der Waals surface area (Å²) in [4.78, 5) is 3.86. The predicted molar refractivity (Wildman–Crippen MR) is 118 cm³/mol. The van der Waals surface area contributed by atoms with Crippen molar-refractivity contribution in [2.45, 2.75) is 43.0 Å². The summed E-state index contributed by atoms with van der Waals surface area (Å²) in [5.41, 5.74) is 0.501. The summed E-state index contributed by atoms with van der Waals surface area (Å²) in [6, 6.07) is 3.33. The molecule has 4 N–H and O–H groups in total. The van der Waals surface area contributed by atoms with Gasteiger partial charge in [-0.25, -0.2) is 13.6 Å². The summed E-state index contributed by atoms with van der Waals surface area (Å²) in [6.45, 7) is 3.84. The number of anilines is 2. The molecule has 2 atom stereocenters. The van der Waals surface area contributed by atoms with E-state index >= 15 is 0 Å². The first-order valence-electron chi connectivity index (χ1n) is 9.75. The number of nitrogens with zero attached hydrogens (tertiary/aromatic N) is 2. The normalized spacial score (nSPS) is 17.4. The standard InChI is InChI=1S/C18H26ClFN6OS2/c19-14-10-17(29(27)26-18-24-12-25-28-18)15(20)11-16(14)23-7-2-1-6-21-9-5-13-4-3-8-22-13/h10-13,21-23H,1-9H2,(H,24,25,26)/t13-,29?/m0/s1. The number of aromatic nitrogens is 2. The topological polar surface area (TPSA) is 91.0 Å². The lowest BCUT2D eigenvalue weighted by Gasteiger charge is -2.12. The Morgan fingerprint density at radius 2 is 2.17 bits per heavy atom. The van der Waals surface area contributed by atoms with Crippen molar-refractivity contribution in [1.29, 1.82) is 0 Å². The van der Waals surface area contributed by atoms with Crippen LogP contribution in [-0.2, 0) is 11.0 Å². The van der Waals surface area contributed by atoms with Gasteiger partial charge in [0.2, 0.25) is 5.13 Å². The average Bonchev–Trinajstić information content (AvgIpc) is 3.40. The van der Waals surface area contributed by atoms with E-state index in [1.54, 1.807) is 0 Å². The van der Waals surface area contributed by atoms with Gasteiger partial charge in [-0.15, -0.1) is 0 Å². The minimum absolute atomic E-state index is 0.0169. The van der Waals surface area contributed by atoms with Crippen LogP contribution < -0.4 is 20.7 Å². The van der Waals surface area contributed by atoms with Crippen molar-refractivity contribution in [3.05, 3.63) is 29.3 Å². The first kappa shape index (κ1) is 22.4. The lowest BCUT2D eigenvalue weighted by Crippen LogP contribution is -2.27. The first-order chi connectivity index (χ1) is 14.1. The van der Waals surface area contributed by atoms with Gasteiger partial charge in [-0.1, -0.05) is 11.6 Å². The summed E-state index contributed by atoms with van der Waals surface area (Å²) < 4.78 is 33.1. The van der Waals surface area contributed by atoms with Crippen LogP contribution in [0.4, 0.5) is 15.2 Å². The van der Waals surface area contributed by atoms with Crippen LogP contribution in [0.15, 0.2) is 23.4 Å². The van der Waals surface area contributed by atoms with Crippen LogP contribution in [0.2, 0.25) is 5.02 Å². The Hall–Kier alpha value is -1.33. The molecule has 7 nitrogen and oxygen atoms in total. The fraction of sp³-hybridized carbons (Fsp3) is 0.556. The molecule has 11 heteroatoms. The largest absolute Gasteiger partial charge is 0.384 e. The van der Waals surface area contributed by atoms with E-state index in [-0.39, 0.29) is 4.90 Å². The number of hydrogen-bond donors (Lipinski definition) is 4. The lowest BCUT2D eigenvalue weighted by molar-refractivity contribution is 0.517. The quantitative estimate of drug-likeness (QED) is 0.363. The molecule has 1 aliphatic rings. The van der Waals surface area contributed by atoms with Crippen LogP contribution in [0.25, 0.3) is 0 Å². The van der Waals surface area contributed by atoms with E-state index in [0.29, 0.717) is 28.4 Å². The first-order valence-corrected chi connectivity index (χ1v) is 12.1. The van der Waals surface area contributed by atoms with Gasteiger partial charge >= 0.3 is 0 Å². The monoisotopic (exact) mass is 460 g/mol. The summed E-state index contributed by atoms with van der Waals surface area (Å²) in [7, 11) is -1.80. The van der Waals surface area contributed by atoms with Gasteiger partial charge in [0.25, 0.3) is 0 Å². The number of halogens is 2. The van der Waals surface area contributed by atoms with Crippen molar-refractivity contribution >= 4 is 44.9 Å². The Balaban J connectivity index is 1.36. The van der Waals surface area contributed by atoms with E-state index in [2.05, 4.69) is 30.0 Å². The zero-order valence-corrected chi connectivity index (χ0v) is 18.4. The van der Waals surface area contributed by atoms with Crippen LogP contribution in [0, 0.1) is 5.82 Å². The molecule has 1 fully saturated rings. The van der Waals surface area contributed by atoms with Crippen LogP contribution in [-0.4, -0.2) is 45.8 Å². The second-order valence-corrected chi connectivity index (χ2v) is 9.21. The number of hydrogen-bond acceptors (Lipinski definition) is 7. The molecule has 0 spiro atoms. The minimum Gasteiger partial charge on any atom is -0.384 e. The predicted octanol–water partition coefficient (Wildman–Crippen LogP) is 3.39. The van der Waals surface area contributed by atoms with E-state index in [1.807, 2.05) is 0 Å². The van der Waals surface area contributed by atoms with Gasteiger partial charge < -0.3 is 16.0 Å². The maximum atomic E-state index is 14.4. The Morgan fingerprint density at radius 3 is 2.93 bits per heavy atom. The molecular weight excluding hydrogens is 435 g/mol. The molecule has 0 saturated carbocycles. The molecule has 1 aromatic heterocycles. The van der Waals surface area contributed by atoms with E-state index in [1.165, 1.54) is 37.7 Å². The molecule has 3 rings (SSSR count). The molecule has 0 aliphatic carbocycles. The Morgan fingerprint density at radius 1 is 1.31 bits per heavy atom. The van der Waals surface area contributed by atoms with Gasteiger partial charge in [0, 0.05) is 24.1 Å². The van der Waals surface area contributed by atoms with E-state index in [9.17, 15) is 8.60 Å². The summed E-state index contributed by atoms with van der Waals surface area (Å²) in [5.74, 6) is -0.588. The molecular formula is C18H26ClFN6OS2. The Bertz CT molecular complexity index is 789. The lowest BCUT2D eigenvalue weighted by atomic mass is 10.1. The molecule has 29 heavy (non-hydrogen) atoms. The van der Waals surface area contributed by atoms with Crippen molar-refractivity contribution in [3.63, 3.8) is 0 Å². The van der Waals surface area contributed by atoms with Gasteiger partial charge in [-0.05, 0) is 63.9 Å². The minimum atomic E-state index is -1.80. The molecule has 2 aromatic rings. The molecule has 160 valence electrons. The van der Waals surface area contributed by atoms with Crippen molar-refractivity contribution in [2.75, 3.05) is 36.2 Å². The van der Waals surface area contributed by atoms with Gasteiger partial charge in [0.05, 0.1) is 15.6 Å². The number of benzene rings is 1. The van der Waals surface area contributed by atoms with Crippen LogP contribution in [0.3, 0.4) is 0 Å². The maximum Gasteiger partial charge on any atom is 0.214 e. The van der Waals surface area contributed by atoms with Crippen molar-refractivity contribution < 1.29 is 8.60 Å². The third kappa shape index (κ3) is 7.14. The molecule has 0 radical (unpaired) electrons. The third-order valence-corrected chi connectivity index (χ3v) is 6.80. The highest BCUT2D eigenvalue weighted by Gasteiger charge is 2.15. The smallest absolute Gasteiger partial charge is 0.214 e. The molecule has 0 amide bonds. The highest BCUT2D eigenvalue weighted by molar-refractivity contribution is 7.86. The zero-order valence-electron chi connectivity index (χ0n) is 16.0. The van der Waals surface area contributed by atoms with Gasteiger partial charge in [0.1, 0.15) is 12.1 Å². The van der Waals surface area contributed by atoms with E-state index in [0.717, 1.165) is 44.0 Å². The van der Waals surface area contributed by atoms with Crippen LogP contribution >= 0.6 is 23.1 Å². The van der Waals surface area contributed by atoms with Crippen molar-refractivity contribution in [3.8, 4) is 0 Å². The summed E-state index contributed by atoms with van der Waals surface area (Å²) in [6.07, 6.45) is 7.05. The Labute approximate surface area is 182 Å². The molecule has 0 bridgehead atoms. The van der Waals surface area contributed by atoms with Crippen LogP contribution in [0.1, 0.15) is 32.1 Å². The van der Waals surface area contributed by atoms with Gasteiger partial charge in [-0.2, -0.15) is 4.37 Å². The van der Waals surface area contributed by atoms with Crippen molar-refractivity contribution in [1.82, 2.24) is 20.0 Å². The highest BCUT2D eigenvalue weighted by Crippen LogP contribution is 2.28. The Kier molecular flexibility index (Phi) is 9.06. The second-order valence-electron chi connectivity index (χ2n) is 6.85. The summed E-state index contributed by atoms with van der Waals surface area (Å²) in [5, 5.41) is 10.8. The van der Waals surface area contributed by atoms with Gasteiger partial charge in [0.15, 0.2) is 11.0 Å². The molecule has 1 aromatic carbocycles. The van der Waals surface area contributed by atoms with Crippen LogP contribution in [0.5, 0.6) is 0 Å². The summed E-state index contributed by atoms with van der Waals surface area (Å²) >= 11 is 7.28. The number of rotatable bonds is 12. The molecule has 2 heterocycles. The fourth-order valence-corrected chi connectivity index (χ4v) is 4.90. The second kappa shape index (κ2) is 11.8. The van der Waals surface area contributed by atoms with Crippen molar-refractivity contribution in [2.24, 2.45) is 0 Å². The molecule has 1 saturated heterocycles. The zero-order chi connectivity index (χ0) is 20.5. The number of nitrogens with one attached hydrogen (secondary N) is 4. The maximum absolute atomic E-state index is 14.4. The average molecular weight is 461 g/mol. The molecule has 1 aliphatic heterocycles. The fourth-order valence-electron chi connectivity index (χ4n) is 3.16. The SMILES string of the molecule is O=S(Nc1ncns1)c1cc(Cl)c(NCCCCNCC[C@@H]2CCCN2)cc1F. The number of unbranched alkanes of at least 4 members (excludes halogenated alkanes) is 1. The molecule has 1 unspecified atom stereocenters. The van der Waals surface area contributed by atoms with E-state index in [4.69, 9.17) is 11.6 Å². The van der Waals surface area contributed by atoms with Gasteiger partial charge in [-0.3, -0.25) is 4.72 Å². The third-order valence-electron chi connectivity index (χ3n) is 4.69.